The van der Waals surface area contributed by atoms with E-state index in [1.54, 1.807) is 0 Å². The van der Waals surface area contributed by atoms with Crippen LogP contribution in [0.1, 0.15) is 0 Å². The first-order chi connectivity index (χ1) is 4.20. The third-order valence-electron chi connectivity index (χ3n) is 1.15. The summed E-state index contributed by atoms with van der Waals surface area (Å²) in [5.74, 6) is 0. The highest BCUT2D eigenvalue weighted by Gasteiger charge is 1.98. The molecular weight excluding hydrogens is 131 g/mol. The molecule has 0 N–H and O–H groups in total. The van der Waals surface area contributed by atoms with Crippen LogP contribution >= 0.6 is 7.92 Å². The van der Waals surface area contributed by atoms with Crippen LogP contribution in [0.25, 0.3) is 0 Å². The molecule has 0 spiro atoms. The van der Waals surface area contributed by atoms with Crippen LogP contribution in [0.5, 0.6) is 0 Å². The summed E-state index contributed by atoms with van der Waals surface area (Å²) in [6, 6.07) is 0. The minimum Gasteiger partial charge on any atom is -0.340 e. The lowest BCUT2D eigenvalue weighted by molar-refractivity contribution is 0.914. The highest BCUT2D eigenvalue weighted by Crippen LogP contribution is 2.20. The van der Waals surface area contributed by atoms with Crippen LogP contribution in [-0.4, -0.2) is 22.9 Å². The van der Waals surface area contributed by atoms with Crippen LogP contribution < -0.4 is 5.44 Å². The molecule has 0 aliphatic carbocycles. The van der Waals surface area contributed by atoms with E-state index >= 15 is 0 Å². The van der Waals surface area contributed by atoms with E-state index < -0.39 is 0 Å². The number of hydrogen-bond acceptors (Lipinski definition) is 1. The van der Waals surface area contributed by atoms with Gasteiger partial charge in [-0.05, 0) is 13.3 Å². The Labute approximate surface area is 56.7 Å². The molecule has 1 aromatic heterocycles. The molecule has 0 bridgehead atoms. The van der Waals surface area contributed by atoms with Crippen molar-refractivity contribution in [1.29, 1.82) is 0 Å². The minimum absolute atomic E-state index is 0.00669. The van der Waals surface area contributed by atoms with Crippen LogP contribution in [0.4, 0.5) is 0 Å². The Morgan fingerprint density at radius 2 is 2.22 bits per heavy atom. The number of hydrogen-bond donors (Lipinski definition) is 0. The van der Waals surface area contributed by atoms with Crippen molar-refractivity contribution >= 4 is 13.4 Å². The van der Waals surface area contributed by atoms with Crippen LogP contribution in [-0.2, 0) is 7.05 Å². The summed E-state index contributed by atoms with van der Waals surface area (Å²) in [6.45, 7) is 4.41. The van der Waals surface area contributed by atoms with Crippen molar-refractivity contribution in [2.24, 2.45) is 7.05 Å². The Bertz CT molecular complexity index is 193. The molecule has 0 saturated carbocycles. The van der Waals surface area contributed by atoms with E-state index in [2.05, 4.69) is 24.5 Å². The van der Waals surface area contributed by atoms with Crippen molar-refractivity contribution in [3.63, 3.8) is 0 Å². The molecule has 0 saturated heterocycles. The van der Waals surface area contributed by atoms with E-state index in [1.807, 2.05) is 17.9 Å². The van der Waals surface area contributed by atoms with E-state index in [1.165, 1.54) is 5.44 Å². The van der Waals surface area contributed by atoms with Gasteiger partial charge < -0.3 is 4.57 Å². The predicted molar refractivity (Wildman–Crippen MR) is 41.6 cm³/mol. The van der Waals surface area contributed by atoms with Crippen molar-refractivity contribution in [1.82, 2.24) is 9.55 Å². The highest BCUT2D eigenvalue weighted by molar-refractivity contribution is 7.63. The molecular formula is C6H11N2P. The summed E-state index contributed by atoms with van der Waals surface area (Å²) >= 11 is 0. The van der Waals surface area contributed by atoms with E-state index in [0.29, 0.717) is 0 Å². The molecule has 0 fully saturated rings. The zero-order valence-corrected chi connectivity index (χ0v) is 6.89. The van der Waals surface area contributed by atoms with Crippen molar-refractivity contribution in [3.05, 3.63) is 12.5 Å². The average molecular weight is 142 g/mol. The van der Waals surface area contributed by atoms with Gasteiger partial charge in [-0.15, -0.1) is 0 Å². The lowest BCUT2D eigenvalue weighted by Gasteiger charge is -1.96. The minimum atomic E-state index is -0.00669. The van der Waals surface area contributed by atoms with Crippen molar-refractivity contribution in [3.8, 4) is 0 Å². The van der Waals surface area contributed by atoms with E-state index in [4.69, 9.17) is 0 Å². The average Bonchev–Trinajstić information content (AvgIpc) is 2.14. The van der Waals surface area contributed by atoms with Gasteiger partial charge in [0.15, 0.2) is 0 Å². The number of aryl methyl sites for hydroxylation is 1. The first-order valence-corrected chi connectivity index (χ1v) is 5.09. The molecule has 0 unspecified atom stereocenters. The first kappa shape index (κ1) is 6.76. The molecule has 0 aliphatic heterocycles. The summed E-state index contributed by atoms with van der Waals surface area (Å²) < 4.78 is 1.98. The Hall–Kier alpha value is -0.360. The lowest BCUT2D eigenvalue weighted by Crippen LogP contribution is -1.97. The summed E-state index contributed by atoms with van der Waals surface area (Å²) in [5.41, 5.74) is 1.23. The van der Waals surface area contributed by atoms with Gasteiger partial charge in [0.1, 0.15) is 0 Å². The topological polar surface area (TPSA) is 17.8 Å². The van der Waals surface area contributed by atoms with Gasteiger partial charge in [-0.25, -0.2) is 4.98 Å². The third kappa shape index (κ3) is 1.52. The number of rotatable bonds is 1. The van der Waals surface area contributed by atoms with Crippen LogP contribution in [0.3, 0.4) is 0 Å². The molecule has 50 valence electrons. The molecule has 1 aromatic rings. The summed E-state index contributed by atoms with van der Waals surface area (Å²) in [4.78, 5) is 4.21. The maximum absolute atomic E-state index is 4.21. The van der Waals surface area contributed by atoms with Gasteiger partial charge in [0.05, 0.1) is 11.8 Å². The number of nitrogens with zero attached hydrogens (tertiary/aromatic N) is 2. The van der Waals surface area contributed by atoms with Crippen LogP contribution in [0.2, 0.25) is 0 Å². The summed E-state index contributed by atoms with van der Waals surface area (Å²) in [7, 11) is 1.99. The Morgan fingerprint density at radius 3 is 2.44 bits per heavy atom. The molecule has 0 aromatic carbocycles. The summed E-state index contributed by atoms with van der Waals surface area (Å²) in [5, 5.41) is 0. The Balaban J connectivity index is 2.85. The molecule has 0 radical (unpaired) electrons. The van der Waals surface area contributed by atoms with Gasteiger partial charge >= 0.3 is 0 Å². The van der Waals surface area contributed by atoms with Crippen molar-refractivity contribution < 1.29 is 0 Å². The van der Waals surface area contributed by atoms with Gasteiger partial charge in [-0.3, -0.25) is 0 Å². The largest absolute Gasteiger partial charge is 0.340 e. The van der Waals surface area contributed by atoms with Crippen LogP contribution in [0, 0.1) is 0 Å². The predicted octanol–water partition coefficient (Wildman–Crippen LogP) is 0.787. The number of aromatic nitrogens is 2. The lowest BCUT2D eigenvalue weighted by atomic mass is 10.9. The van der Waals surface area contributed by atoms with Crippen LogP contribution in [0.15, 0.2) is 12.5 Å². The molecule has 0 aliphatic rings. The molecule has 1 rings (SSSR count). The van der Waals surface area contributed by atoms with E-state index in [0.717, 1.165) is 0 Å². The number of imidazole rings is 1. The maximum Gasteiger partial charge on any atom is 0.0951 e. The standard InChI is InChI=1S/C6H11N2P/c1-8-4-6(7-5-8)9(2)3/h4-5H,1-3H3. The van der Waals surface area contributed by atoms with Crippen molar-refractivity contribution in [2.45, 2.75) is 0 Å². The van der Waals surface area contributed by atoms with Crippen molar-refractivity contribution in [2.75, 3.05) is 13.3 Å². The highest BCUT2D eigenvalue weighted by atomic mass is 31.1. The second kappa shape index (κ2) is 2.49. The first-order valence-electron chi connectivity index (χ1n) is 2.85. The van der Waals surface area contributed by atoms with Gasteiger partial charge in [0.2, 0.25) is 0 Å². The maximum atomic E-state index is 4.21. The smallest absolute Gasteiger partial charge is 0.0951 e. The fourth-order valence-electron chi connectivity index (χ4n) is 0.630. The van der Waals surface area contributed by atoms with E-state index in [9.17, 15) is 0 Å². The normalized spacial score (nSPS) is 10.7. The molecule has 0 atom stereocenters. The SMILES string of the molecule is Cn1cnc(P(C)C)c1. The molecule has 9 heavy (non-hydrogen) atoms. The molecule has 0 amide bonds. The van der Waals surface area contributed by atoms with Gasteiger partial charge in [-0.2, -0.15) is 0 Å². The second-order valence-electron chi connectivity index (χ2n) is 2.29. The molecule has 2 nitrogen and oxygen atoms in total. The fraction of sp³-hybridized carbons (Fsp3) is 0.500. The monoisotopic (exact) mass is 142 g/mol. The summed E-state index contributed by atoms with van der Waals surface area (Å²) in [6.07, 6.45) is 3.92. The van der Waals surface area contributed by atoms with Gasteiger partial charge in [0, 0.05) is 13.2 Å². The van der Waals surface area contributed by atoms with Gasteiger partial charge in [-0.1, -0.05) is 7.92 Å². The Kier molecular flexibility index (Phi) is 1.87. The zero-order valence-electron chi connectivity index (χ0n) is 6.00. The Morgan fingerprint density at radius 1 is 1.56 bits per heavy atom. The van der Waals surface area contributed by atoms with Gasteiger partial charge in [0.25, 0.3) is 0 Å². The quantitative estimate of drug-likeness (QED) is 0.530. The fourth-order valence-corrected chi connectivity index (χ4v) is 1.33. The third-order valence-corrected chi connectivity index (χ3v) is 2.30. The zero-order chi connectivity index (χ0) is 6.85. The molecule has 3 heteroatoms. The molecule has 1 heterocycles. The second-order valence-corrected chi connectivity index (χ2v) is 4.54. The van der Waals surface area contributed by atoms with E-state index in [-0.39, 0.29) is 7.92 Å².